The largest absolute Gasteiger partial charge is 0.469 e. The average molecular weight is 733 g/mol. The lowest BCUT2D eigenvalue weighted by Gasteiger charge is -2.37. The zero-order valence-electron chi connectivity index (χ0n) is 30.4. The number of methoxy groups -OCH3 is 1. The van der Waals surface area contributed by atoms with Crippen LogP contribution in [0.25, 0.3) is 0 Å². The number of aromatic nitrogens is 2. The van der Waals surface area contributed by atoms with Crippen LogP contribution in [-0.2, 0) is 35.1 Å². The van der Waals surface area contributed by atoms with E-state index in [1.165, 1.54) is 36.7 Å². The topological polar surface area (TPSA) is 160 Å². The minimum Gasteiger partial charge on any atom is -0.469 e. The van der Waals surface area contributed by atoms with Crippen LogP contribution in [0, 0.1) is 18.8 Å². The number of nitrogens with zero attached hydrogens (tertiary/aromatic N) is 4. The maximum Gasteiger partial charge on any atom is 0.308 e. The molecule has 2 aromatic rings. The van der Waals surface area contributed by atoms with Gasteiger partial charge in [-0.25, -0.2) is 9.97 Å². The number of rotatable bonds is 16. The molecule has 2 N–H and O–H groups in total. The summed E-state index contributed by atoms with van der Waals surface area (Å²) in [5.41, 5.74) is 0.110. The van der Waals surface area contributed by atoms with Crippen LogP contribution in [0.15, 0.2) is 10.8 Å². The smallest absolute Gasteiger partial charge is 0.308 e. The lowest BCUT2D eigenvalue weighted by molar-refractivity contribution is -0.149. The average Bonchev–Trinajstić information content (AvgIpc) is 3.45. The van der Waals surface area contributed by atoms with Gasteiger partial charge in [0.2, 0.25) is 11.8 Å². The number of likely N-dealkylation sites (N-methyl/N-ethyl adjacent to an activating group) is 2. The van der Waals surface area contributed by atoms with E-state index in [-0.39, 0.29) is 47.9 Å². The highest BCUT2D eigenvalue weighted by Gasteiger charge is 2.54. The van der Waals surface area contributed by atoms with Crippen molar-refractivity contribution in [1.29, 1.82) is 0 Å². The lowest BCUT2D eigenvalue weighted by atomic mass is 9.95. The van der Waals surface area contributed by atoms with Crippen LogP contribution in [-0.4, -0.2) is 101 Å². The first kappa shape index (κ1) is 39.4. The Morgan fingerprint density at radius 3 is 2.38 bits per heavy atom. The summed E-state index contributed by atoms with van der Waals surface area (Å²) in [7, 11) is 5.02. The molecule has 0 spiro atoms. The highest BCUT2D eigenvalue weighted by molar-refractivity contribution is 7.10. The second-order valence-corrected chi connectivity index (χ2v) is 15.9. The standard InChI is InChI=1S/C35H52N6O7S2/c1-20(2)27(41(7)34(46)35(12-13-35)39-31(44)26-11-9-10-14-40(26)6)17-28(48-23(5)42)32-38-25(19-50-32)30(43)37-24(15-21(3)33(45)47-8)16-29-36-22(4)18-49-29/h18-21,24,26-28H,9-17H2,1-8H3,(H,37,43)(H,39,44)/t21-,24+,26+,27+,28+/m0/s1. The SMILES string of the molecule is COC(=O)[C@@H](C)C[C@H](Cc1nc(C)cs1)NC(=O)c1csc([C@@H](C[C@H](C(C)C)N(C)C(=O)C2(NC(=O)[C@H]3CCCCN3C)CC2)OC(C)=O)n1. The Balaban J connectivity index is 1.47. The molecule has 2 aromatic heterocycles. The normalized spacial score (nSPS) is 19.5. The molecule has 0 aromatic carbocycles. The van der Waals surface area contributed by atoms with Gasteiger partial charge in [0.25, 0.3) is 5.91 Å². The van der Waals surface area contributed by atoms with Crippen LogP contribution in [0.3, 0.4) is 0 Å². The molecule has 0 unspecified atom stereocenters. The van der Waals surface area contributed by atoms with E-state index >= 15 is 0 Å². The van der Waals surface area contributed by atoms with E-state index in [2.05, 4.69) is 25.5 Å². The summed E-state index contributed by atoms with van der Waals surface area (Å²) in [6.45, 7) is 9.82. The van der Waals surface area contributed by atoms with Gasteiger partial charge in [-0.15, -0.1) is 22.7 Å². The van der Waals surface area contributed by atoms with Gasteiger partial charge < -0.3 is 25.0 Å². The molecule has 13 nitrogen and oxygen atoms in total. The maximum atomic E-state index is 14.0. The summed E-state index contributed by atoms with van der Waals surface area (Å²) in [5, 5.41) is 10.9. The van der Waals surface area contributed by atoms with Crippen molar-refractivity contribution in [3.8, 4) is 0 Å². The molecule has 2 aliphatic rings. The Morgan fingerprint density at radius 1 is 1.08 bits per heavy atom. The Labute approximate surface area is 302 Å². The summed E-state index contributed by atoms with van der Waals surface area (Å²) in [5.74, 6) is -2.04. The van der Waals surface area contributed by atoms with E-state index in [0.717, 1.165) is 36.5 Å². The highest BCUT2D eigenvalue weighted by atomic mass is 32.1. The number of piperidine rings is 1. The predicted octanol–water partition coefficient (Wildman–Crippen LogP) is 4.06. The van der Waals surface area contributed by atoms with Gasteiger partial charge in [-0.3, -0.25) is 28.9 Å². The second kappa shape index (κ2) is 17.2. The van der Waals surface area contributed by atoms with Gasteiger partial charge in [-0.2, -0.15) is 0 Å². The van der Waals surface area contributed by atoms with Crippen LogP contribution < -0.4 is 10.6 Å². The number of ether oxygens (including phenoxy) is 2. The number of thiazole rings is 2. The summed E-state index contributed by atoms with van der Waals surface area (Å²) >= 11 is 2.69. The summed E-state index contributed by atoms with van der Waals surface area (Å²) in [6.07, 6.45) is 4.19. The molecule has 3 amide bonds. The van der Waals surface area contributed by atoms with E-state index in [1.807, 2.05) is 33.2 Å². The van der Waals surface area contributed by atoms with Crippen molar-refractivity contribution in [2.75, 3.05) is 27.7 Å². The molecule has 15 heteroatoms. The quantitative estimate of drug-likeness (QED) is 0.241. The van der Waals surface area contributed by atoms with Crippen molar-refractivity contribution in [2.45, 2.75) is 116 Å². The zero-order chi connectivity index (χ0) is 36.7. The van der Waals surface area contributed by atoms with Crippen LogP contribution in [0.5, 0.6) is 0 Å². The molecular formula is C35H52N6O7S2. The fourth-order valence-electron chi connectivity index (χ4n) is 6.65. The number of carbonyl (C=O) groups excluding carboxylic acids is 5. The van der Waals surface area contributed by atoms with Gasteiger partial charge in [-0.05, 0) is 58.5 Å². The van der Waals surface area contributed by atoms with Crippen molar-refractivity contribution in [3.63, 3.8) is 0 Å². The first-order chi connectivity index (χ1) is 23.6. The number of carbonyl (C=O) groups is 5. The van der Waals surface area contributed by atoms with E-state index < -0.39 is 35.5 Å². The monoisotopic (exact) mass is 732 g/mol. The van der Waals surface area contributed by atoms with Crippen LogP contribution in [0.2, 0.25) is 0 Å². The number of aryl methyl sites for hydroxylation is 1. The zero-order valence-corrected chi connectivity index (χ0v) is 32.1. The fourth-order valence-corrected chi connectivity index (χ4v) is 8.34. The van der Waals surface area contributed by atoms with Gasteiger partial charge in [0.15, 0.2) is 6.10 Å². The van der Waals surface area contributed by atoms with E-state index in [9.17, 15) is 24.0 Å². The van der Waals surface area contributed by atoms with Crippen LogP contribution in [0.4, 0.5) is 0 Å². The van der Waals surface area contributed by atoms with Crippen LogP contribution in [0.1, 0.15) is 105 Å². The molecule has 1 aliphatic carbocycles. The molecule has 4 rings (SSSR count). The molecule has 2 fully saturated rings. The van der Waals surface area contributed by atoms with Gasteiger partial charge in [-0.1, -0.05) is 27.2 Å². The number of likely N-dealkylation sites (tertiary alicyclic amines) is 1. The van der Waals surface area contributed by atoms with Crippen molar-refractivity contribution < 1.29 is 33.4 Å². The molecule has 3 heterocycles. The highest BCUT2D eigenvalue weighted by Crippen LogP contribution is 2.40. The molecule has 50 heavy (non-hydrogen) atoms. The molecule has 0 radical (unpaired) electrons. The van der Waals surface area contributed by atoms with Crippen molar-refractivity contribution in [3.05, 3.63) is 32.2 Å². The third-order valence-electron chi connectivity index (χ3n) is 9.64. The Kier molecular flexibility index (Phi) is 13.5. The molecule has 276 valence electrons. The minimum atomic E-state index is -0.931. The summed E-state index contributed by atoms with van der Waals surface area (Å²) in [6, 6.07) is -1.01. The lowest BCUT2D eigenvalue weighted by Crippen LogP contribution is -2.57. The van der Waals surface area contributed by atoms with Gasteiger partial charge in [0.1, 0.15) is 16.2 Å². The van der Waals surface area contributed by atoms with E-state index in [1.54, 1.807) is 24.3 Å². The number of hydrogen-bond acceptors (Lipinski definition) is 12. The first-order valence-corrected chi connectivity index (χ1v) is 19.1. The van der Waals surface area contributed by atoms with Crippen molar-refractivity contribution in [2.24, 2.45) is 11.8 Å². The van der Waals surface area contributed by atoms with Gasteiger partial charge >= 0.3 is 11.9 Å². The van der Waals surface area contributed by atoms with Crippen molar-refractivity contribution in [1.82, 2.24) is 30.4 Å². The van der Waals surface area contributed by atoms with Crippen LogP contribution >= 0.6 is 22.7 Å². The maximum absolute atomic E-state index is 14.0. The number of hydrogen-bond donors (Lipinski definition) is 2. The van der Waals surface area contributed by atoms with E-state index in [4.69, 9.17) is 9.47 Å². The summed E-state index contributed by atoms with van der Waals surface area (Å²) < 4.78 is 10.7. The number of nitrogens with one attached hydrogen (secondary N) is 2. The van der Waals surface area contributed by atoms with Gasteiger partial charge in [0.05, 0.1) is 24.1 Å². The third-order valence-corrected chi connectivity index (χ3v) is 11.6. The van der Waals surface area contributed by atoms with Gasteiger partial charge in [0, 0.05) is 55.4 Å². The Bertz CT molecular complexity index is 1520. The third kappa shape index (κ3) is 10.1. The second-order valence-electron chi connectivity index (χ2n) is 14.1. The molecule has 1 saturated heterocycles. The van der Waals surface area contributed by atoms with E-state index in [0.29, 0.717) is 30.7 Å². The number of esters is 2. The Morgan fingerprint density at radius 2 is 1.80 bits per heavy atom. The van der Waals surface area contributed by atoms with Crippen molar-refractivity contribution >= 4 is 52.3 Å². The molecule has 5 atom stereocenters. The fraction of sp³-hybridized carbons (Fsp3) is 0.686. The first-order valence-electron chi connectivity index (χ1n) is 17.4. The molecule has 1 aliphatic heterocycles. The Hall–Kier alpha value is -3.43. The number of amides is 3. The predicted molar refractivity (Wildman–Crippen MR) is 191 cm³/mol. The molecular weight excluding hydrogens is 681 g/mol. The molecule has 0 bridgehead atoms. The molecule has 1 saturated carbocycles. The minimum absolute atomic E-state index is 0.0206. The summed E-state index contributed by atoms with van der Waals surface area (Å²) in [4.78, 5) is 78.0.